The number of aryl methyl sites for hydroxylation is 1. The van der Waals surface area contributed by atoms with E-state index in [1.54, 1.807) is 13.3 Å². The van der Waals surface area contributed by atoms with E-state index in [0.29, 0.717) is 19.0 Å². The highest BCUT2D eigenvalue weighted by Gasteiger charge is 2.11. The minimum Gasteiger partial charge on any atom is -0.396 e. The van der Waals surface area contributed by atoms with Crippen LogP contribution in [0.4, 0.5) is 11.8 Å². The zero-order valence-corrected chi connectivity index (χ0v) is 11.2. The zero-order chi connectivity index (χ0) is 13.4. The standard InChI is InChI=1S/C12H22N4O2/c1-4-13-12-14-7-9(2)11(16-12)15-10(5-6-17)8-18-3/h7,10,17H,4-6,8H2,1-3H3,(H2,13,14,15,16). The summed E-state index contributed by atoms with van der Waals surface area (Å²) in [5.74, 6) is 1.38. The first-order chi connectivity index (χ1) is 8.71. The maximum atomic E-state index is 9.01. The van der Waals surface area contributed by atoms with Crippen LogP contribution in [0.15, 0.2) is 6.20 Å². The molecule has 6 nitrogen and oxygen atoms in total. The van der Waals surface area contributed by atoms with E-state index in [1.165, 1.54) is 0 Å². The van der Waals surface area contributed by atoms with Crippen LogP contribution in [0.2, 0.25) is 0 Å². The zero-order valence-electron chi connectivity index (χ0n) is 11.2. The van der Waals surface area contributed by atoms with E-state index >= 15 is 0 Å². The number of hydrogen-bond acceptors (Lipinski definition) is 6. The van der Waals surface area contributed by atoms with Crippen molar-refractivity contribution in [3.63, 3.8) is 0 Å². The Balaban J connectivity index is 2.76. The topological polar surface area (TPSA) is 79.3 Å². The van der Waals surface area contributed by atoms with Gasteiger partial charge in [-0.3, -0.25) is 0 Å². The lowest BCUT2D eigenvalue weighted by Gasteiger charge is -2.19. The number of rotatable bonds is 8. The fourth-order valence-electron chi connectivity index (χ4n) is 1.58. The Labute approximate surface area is 108 Å². The number of hydrogen-bond donors (Lipinski definition) is 3. The van der Waals surface area contributed by atoms with E-state index in [0.717, 1.165) is 17.9 Å². The lowest BCUT2D eigenvalue weighted by atomic mass is 10.2. The van der Waals surface area contributed by atoms with Gasteiger partial charge >= 0.3 is 0 Å². The van der Waals surface area contributed by atoms with Crippen LogP contribution in [0, 0.1) is 6.92 Å². The summed E-state index contributed by atoms with van der Waals surface area (Å²) >= 11 is 0. The molecule has 1 aromatic heterocycles. The van der Waals surface area contributed by atoms with Gasteiger partial charge in [0.05, 0.1) is 12.6 Å². The maximum Gasteiger partial charge on any atom is 0.224 e. The van der Waals surface area contributed by atoms with Gasteiger partial charge in [-0.25, -0.2) is 4.98 Å². The van der Waals surface area contributed by atoms with Crippen LogP contribution in [-0.2, 0) is 4.74 Å². The minimum atomic E-state index is 0.0445. The fourth-order valence-corrected chi connectivity index (χ4v) is 1.58. The number of nitrogens with one attached hydrogen (secondary N) is 2. The molecule has 0 bridgehead atoms. The summed E-state index contributed by atoms with van der Waals surface area (Å²) in [6.45, 7) is 5.36. The SMILES string of the molecule is CCNc1ncc(C)c(NC(CCO)COC)n1. The molecule has 1 rings (SSSR count). The van der Waals surface area contributed by atoms with Crippen LogP contribution < -0.4 is 10.6 Å². The molecule has 0 saturated carbocycles. The third kappa shape index (κ3) is 4.46. The van der Waals surface area contributed by atoms with Crippen LogP contribution >= 0.6 is 0 Å². The number of ether oxygens (including phenoxy) is 1. The molecule has 0 aromatic carbocycles. The van der Waals surface area contributed by atoms with Gasteiger partial charge in [-0.1, -0.05) is 0 Å². The molecule has 0 amide bonds. The summed E-state index contributed by atoms with van der Waals surface area (Å²) in [5, 5.41) is 15.4. The van der Waals surface area contributed by atoms with Crippen LogP contribution in [0.25, 0.3) is 0 Å². The lowest BCUT2D eigenvalue weighted by Crippen LogP contribution is -2.27. The predicted molar refractivity (Wildman–Crippen MR) is 71.9 cm³/mol. The van der Waals surface area contributed by atoms with E-state index in [-0.39, 0.29) is 12.6 Å². The Kier molecular flexibility index (Phi) is 6.38. The van der Waals surface area contributed by atoms with Crippen molar-refractivity contribution in [1.82, 2.24) is 9.97 Å². The van der Waals surface area contributed by atoms with Crippen molar-refractivity contribution in [3.8, 4) is 0 Å². The molecule has 0 radical (unpaired) electrons. The van der Waals surface area contributed by atoms with Crippen LogP contribution in [0.1, 0.15) is 18.9 Å². The largest absolute Gasteiger partial charge is 0.396 e. The van der Waals surface area contributed by atoms with Gasteiger partial charge in [-0.15, -0.1) is 0 Å². The number of aromatic nitrogens is 2. The first-order valence-electron chi connectivity index (χ1n) is 6.15. The van der Waals surface area contributed by atoms with Crippen LogP contribution in [0.3, 0.4) is 0 Å². The summed E-state index contributed by atoms with van der Waals surface area (Å²) < 4.78 is 5.11. The van der Waals surface area contributed by atoms with Gasteiger partial charge in [-0.2, -0.15) is 4.98 Å². The Bertz CT molecular complexity index is 354. The summed E-state index contributed by atoms with van der Waals surface area (Å²) in [7, 11) is 1.64. The smallest absolute Gasteiger partial charge is 0.224 e. The van der Waals surface area contributed by atoms with Crippen molar-refractivity contribution in [3.05, 3.63) is 11.8 Å². The van der Waals surface area contributed by atoms with Crippen LogP contribution in [-0.4, -0.2) is 48.0 Å². The van der Waals surface area contributed by atoms with Gasteiger partial charge in [0, 0.05) is 32.0 Å². The van der Waals surface area contributed by atoms with E-state index in [2.05, 4.69) is 20.6 Å². The summed E-state index contributed by atoms with van der Waals surface area (Å²) in [6.07, 6.45) is 2.39. The fraction of sp³-hybridized carbons (Fsp3) is 0.667. The van der Waals surface area contributed by atoms with Crippen LogP contribution in [0.5, 0.6) is 0 Å². The van der Waals surface area contributed by atoms with Gasteiger partial charge in [0.1, 0.15) is 5.82 Å². The quantitative estimate of drug-likeness (QED) is 0.643. The Hall–Kier alpha value is -1.40. The average molecular weight is 254 g/mol. The molecule has 1 heterocycles. The number of methoxy groups -OCH3 is 1. The Morgan fingerprint density at radius 1 is 1.50 bits per heavy atom. The molecule has 18 heavy (non-hydrogen) atoms. The molecular formula is C12H22N4O2. The van der Waals surface area contributed by atoms with Gasteiger partial charge in [0.2, 0.25) is 5.95 Å². The Morgan fingerprint density at radius 2 is 2.28 bits per heavy atom. The second-order valence-electron chi connectivity index (χ2n) is 4.06. The first-order valence-corrected chi connectivity index (χ1v) is 6.15. The summed E-state index contributed by atoms with van der Waals surface area (Å²) in [4.78, 5) is 8.58. The van der Waals surface area contributed by atoms with Crippen molar-refractivity contribution in [2.75, 3.05) is 37.5 Å². The van der Waals surface area contributed by atoms with Gasteiger partial charge in [0.25, 0.3) is 0 Å². The molecule has 1 aromatic rings. The van der Waals surface area contributed by atoms with E-state index in [1.807, 2.05) is 13.8 Å². The third-order valence-corrected chi connectivity index (χ3v) is 2.49. The summed E-state index contributed by atoms with van der Waals surface area (Å²) in [5.41, 5.74) is 0.968. The molecule has 0 spiro atoms. The molecule has 102 valence electrons. The van der Waals surface area contributed by atoms with Gasteiger partial charge in [-0.05, 0) is 20.3 Å². The van der Waals surface area contributed by atoms with E-state index < -0.39 is 0 Å². The molecular weight excluding hydrogens is 232 g/mol. The van der Waals surface area contributed by atoms with E-state index in [4.69, 9.17) is 9.84 Å². The van der Waals surface area contributed by atoms with Gasteiger partial charge in [0.15, 0.2) is 0 Å². The molecule has 6 heteroatoms. The van der Waals surface area contributed by atoms with Crippen molar-refractivity contribution >= 4 is 11.8 Å². The highest BCUT2D eigenvalue weighted by atomic mass is 16.5. The number of anilines is 2. The molecule has 0 aliphatic heterocycles. The lowest BCUT2D eigenvalue weighted by molar-refractivity contribution is 0.170. The molecule has 0 fully saturated rings. The second kappa shape index (κ2) is 7.84. The molecule has 1 atom stereocenters. The summed E-state index contributed by atoms with van der Waals surface area (Å²) in [6, 6.07) is 0.0445. The number of aliphatic hydroxyl groups is 1. The molecule has 0 saturated heterocycles. The first kappa shape index (κ1) is 14.7. The number of nitrogens with zero attached hydrogens (tertiary/aromatic N) is 2. The van der Waals surface area contributed by atoms with Gasteiger partial charge < -0.3 is 20.5 Å². The highest BCUT2D eigenvalue weighted by molar-refractivity contribution is 5.47. The normalized spacial score (nSPS) is 12.2. The third-order valence-electron chi connectivity index (χ3n) is 2.49. The van der Waals surface area contributed by atoms with Crippen molar-refractivity contribution in [2.45, 2.75) is 26.3 Å². The average Bonchev–Trinajstić information content (AvgIpc) is 2.34. The predicted octanol–water partition coefficient (Wildman–Crippen LogP) is 1.03. The minimum absolute atomic E-state index is 0.0445. The number of aliphatic hydroxyl groups excluding tert-OH is 1. The van der Waals surface area contributed by atoms with E-state index in [9.17, 15) is 0 Å². The Morgan fingerprint density at radius 3 is 2.89 bits per heavy atom. The molecule has 1 unspecified atom stereocenters. The van der Waals surface area contributed by atoms with Crippen molar-refractivity contribution in [2.24, 2.45) is 0 Å². The monoisotopic (exact) mass is 254 g/mol. The van der Waals surface area contributed by atoms with Crippen molar-refractivity contribution < 1.29 is 9.84 Å². The maximum absolute atomic E-state index is 9.01. The second-order valence-corrected chi connectivity index (χ2v) is 4.06. The van der Waals surface area contributed by atoms with Crippen molar-refractivity contribution in [1.29, 1.82) is 0 Å². The highest BCUT2D eigenvalue weighted by Crippen LogP contribution is 2.14. The molecule has 0 aliphatic carbocycles. The molecule has 0 aliphatic rings. The molecule has 3 N–H and O–H groups in total.